The number of nitrogens with one attached hydrogen (secondary N) is 1. The molecule has 0 bridgehead atoms. The molecule has 0 unspecified atom stereocenters. The number of hydrogen-bond donors (Lipinski definition) is 1. The molecule has 0 saturated heterocycles. The molecule has 0 aliphatic heterocycles. The van der Waals surface area contributed by atoms with Crippen LogP contribution in [0.25, 0.3) is 0 Å². The van der Waals surface area contributed by atoms with Gasteiger partial charge in [-0.3, -0.25) is 0 Å². The van der Waals surface area contributed by atoms with E-state index in [4.69, 9.17) is 14.7 Å². The zero-order valence-corrected chi connectivity index (χ0v) is 12.1. The molecule has 0 aromatic heterocycles. The third-order valence-electron chi connectivity index (χ3n) is 2.92. The Hall–Kier alpha value is -1.73. The molecule has 104 valence electrons. The Morgan fingerprint density at radius 2 is 2.11 bits per heavy atom. The molecule has 1 aromatic carbocycles. The van der Waals surface area contributed by atoms with Crippen molar-refractivity contribution in [3.05, 3.63) is 23.8 Å². The Morgan fingerprint density at radius 1 is 1.37 bits per heavy atom. The Labute approximate surface area is 115 Å². The molecular weight excluding hydrogens is 240 g/mol. The molecule has 0 aliphatic rings. The highest BCUT2D eigenvalue weighted by atomic mass is 16.5. The number of nitrogens with zero attached hydrogens (tertiary/aromatic N) is 1. The van der Waals surface area contributed by atoms with Crippen LogP contribution >= 0.6 is 0 Å². The molecule has 4 heteroatoms. The zero-order chi connectivity index (χ0) is 14.3. The molecule has 0 radical (unpaired) electrons. The average molecular weight is 262 g/mol. The predicted octanol–water partition coefficient (Wildman–Crippen LogP) is 2.73. The van der Waals surface area contributed by atoms with Crippen LogP contribution < -0.4 is 14.8 Å². The van der Waals surface area contributed by atoms with Gasteiger partial charge in [-0.05, 0) is 33.4 Å². The maximum atomic E-state index is 8.99. The van der Waals surface area contributed by atoms with Crippen molar-refractivity contribution in [2.75, 3.05) is 20.8 Å². The van der Waals surface area contributed by atoms with E-state index in [1.807, 2.05) is 39.1 Å². The quantitative estimate of drug-likeness (QED) is 0.821. The number of ether oxygens (including phenoxy) is 2. The first-order valence-electron chi connectivity index (χ1n) is 6.38. The number of para-hydroxylation sites is 1. The summed E-state index contributed by atoms with van der Waals surface area (Å²) in [6, 6.07) is 8.10. The molecule has 0 amide bonds. The SMILES string of the molecule is CNCc1cccc(OC)c1OCCC(C)(C)C#N. The maximum Gasteiger partial charge on any atom is 0.165 e. The summed E-state index contributed by atoms with van der Waals surface area (Å²) in [6.45, 7) is 5.03. The summed E-state index contributed by atoms with van der Waals surface area (Å²) < 4.78 is 11.2. The predicted molar refractivity (Wildman–Crippen MR) is 75.3 cm³/mol. The van der Waals surface area contributed by atoms with Gasteiger partial charge in [0.05, 0.1) is 25.2 Å². The van der Waals surface area contributed by atoms with E-state index in [-0.39, 0.29) is 5.41 Å². The van der Waals surface area contributed by atoms with E-state index in [9.17, 15) is 0 Å². The molecular formula is C15H22N2O2. The maximum absolute atomic E-state index is 8.99. The van der Waals surface area contributed by atoms with Gasteiger partial charge in [-0.15, -0.1) is 0 Å². The third kappa shape index (κ3) is 4.46. The van der Waals surface area contributed by atoms with Crippen molar-refractivity contribution >= 4 is 0 Å². The van der Waals surface area contributed by atoms with Crippen LogP contribution in [0, 0.1) is 16.7 Å². The first-order chi connectivity index (χ1) is 9.04. The van der Waals surface area contributed by atoms with E-state index < -0.39 is 0 Å². The second-order valence-corrected chi connectivity index (χ2v) is 5.07. The van der Waals surface area contributed by atoms with Crippen molar-refractivity contribution in [1.82, 2.24) is 5.32 Å². The van der Waals surface area contributed by atoms with Crippen LogP contribution in [0.15, 0.2) is 18.2 Å². The van der Waals surface area contributed by atoms with E-state index in [0.29, 0.717) is 19.6 Å². The lowest BCUT2D eigenvalue weighted by molar-refractivity contribution is 0.250. The van der Waals surface area contributed by atoms with Crippen LogP contribution in [-0.2, 0) is 6.54 Å². The van der Waals surface area contributed by atoms with Crippen molar-refractivity contribution in [2.24, 2.45) is 5.41 Å². The van der Waals surface area contributed by atoms with Gasteiger partial charge in [-0.25, -0.2) is 0 Å². The first-order valence-corrected chi connectivity index (χ1v) is 6.38. The van der Waals surface area contributed by atoms with Crippen LogP contribution in [0.1, 0.15) is 25.8 Å². The summed E-state index contributed by atoms with van der Waals surface area (Å²) in [5.41, 5.74) is 0.683. The topological polar surface area (TPSA) is 54.3 Å². The van der Waals surface area contributed by atoms with Crippen LogP contribution in [-0.4, -0.2) is 20.8 Å². The Bertz CT molecular complexity index is 450. The van der Waals surface area contributed by atoms with Crippen LogP contribution in [0.5, 0.6) is 11.5 Å². The van der Waals surface area contributed by atoms with Gasteiger partial charge in [0.25, 0.3) is 0 Å². The lowest BCUT2D eigenvalue weighted by Gasteiger charge is -2.18. The molecule has 0 heterocycles. The van der Waals surface area contributed by atoms with E-state index in [2.05, 4.69) is 11.4 Å². The van der Waals surface area contributed by atoms with E-state index in [1.54, 1.807) is 7.11 Å². The molecule has 1 aromatic rings. The fraction of sp³-hybridized carbons (Fsp3) is 0.533. The second kappa shape index (κ2) is 7.01. The molecule has 0 spiro atoms. The Kier molecular flexibility index (Phi) is 5.65. The van der Waals surface area contributed by atoms with Crippen LogP contribution in [0.2, 0.25) is 0 Å². The molecule has 19 heavy (non-hydrogen) atoms. The lowest BCUT2D eigenvalue weighted by Crippen LogP contribution is -2.15. The minimum Gasteiger partial charge on any atom is -0.493 e. The van der Waals surface area contributed by atoms with E-state index in [1.165, 1.54) is 0 Å². The summed E-state index contributed by atoms with van der Waals surface area (Å²) in [4.78, 5) is 0. The number of rotatable bonds is 7. The highest BCUT2D eigenvalue weighted by molar-refractivity contribution is 5.46. The summed E-state index contributed by atoms with van der Waals surface area (Å²) in [5.74, 6) is 1.48. The zero-order valence-electron chi connectivity index (χ0n) is 12.1. The van der Waals surface area contributed by atoms with Gasteiger partial charge in [-0.2, -0.15) is 5.26 Å². The van der Waals surface area contributed by atoms with Crippen molar-refractivity contribution < 1.29 is 9.47 Å². The molecule has 1 rings (SSSR count). The van der Waals surface area contributed by atoms with Crippen molar-refractivity contribution in [3.8, 4) is 17.6 Å². The van der Waals surface area contributed by atoms with Crippen molar-refractivity contribution in [2.45, 2.75) is 26.8 Å². The summed E-state index contributed by atoms with van der Waals surface area (Å²) >= 11 is 0. The summed E-state index contributed by atoms with van der Waals surface area (Å²) in [7, 11) is 3.52. The highest BCUT2D eigenvalue weighted by Gasteiger charge is 2.17. The van der Waals surface area contributed by atoms with E-state index in [0.717, 1.165) is 17.1 Å². The second-order valence-electron chi connectivity index (χ2n) is 5.07. The normalized spacial score (nSPS) is 10.9. The molecule has 0 aliphatic carbocycles. The number of hydrogen-bond acceptors (Lipinski definition) is 4. The number of methoxy groups -OCH3 is 1. The molecule has 0 atom stereocenters. The lowest BCUT2D eigenvalue weighted by atomic mass is 9.92. The standard InChI is InChI=1S/C15H22N2O2/c1-15(2,11-16)8-9-19-14-12(10-17-3)6-5-7-13(14)18-4/h5-7,17H,8-10H2,1-4H3. The fourth-order valence-electron chi connectivity index (χ4n) is 1.68. The van der Waals surface area contributed by atoms with Gasteiger partial charge in [0, 0.05) is 12.1 Å². The number of nitriles is 1. The van der Waals surface area contributed by atoms with Gasteiger partial charge < -0.3 is 14.8 Å². The van der Waals surface area contributed by atoms with Gasteiger partial charge in [-0.1, -0.05) is 12.1 Å². The summed E-state index contributed by atoms with van der Waals surface area (Å²) in [6.07, 6.45) is 0.681. The Balaban J connectivity index is 2.78. The molecule has 4 nitrogen and oxygen atoms in total. The number of benzene rings is 1. The van der Waals surface area contributed by atoms with Crippen molar-refractivity contribution in [3.63, 3.8) is 0 Å². The minimum absolute atomic E-state index is 0.370. The fourth-order valence-corrected chi connectivity index (χ4v) is 1.68. The molecule has 0 fully saturated rings. The van der Waals surface area contributed by atoms with Crippen molar-refractivity contribution in [1.29, 1.82) is 5.26 Å². The smallest absolute Gasteiger partial charge is 0.165 e. The highest BCUT2D eigenvalue weighted by Crippen LogP contribution is 2.32. The molecule has 0 saturated carbocycles. The summed E-state index contributed by atoms with van der Waals surface area (Å²) in [5, 5.41) is 12.1. The van der Waals surface area contributed by atoms with Crippen LogP contribution in [0.4, 0.5) is 0 Å². The Morgan fingerprint density at radius 3 is 2.68 bits per heavy atom. The average Bonchev–Trinajstić information content (AvgIpc) is 2.40. The third-order valence-corrected chi connectivity index (χ3v) is 2.92. The van der Waals surface area contributed by atoms with Gasteiger partial charge in [0.15, 0.2) is 11.5 Å². The first kappa shape index (κ1) is 15.3. The minimum atomic E-state index is -0.370. The van der Waals surface area contributed by atoms with E-state index >= 15 is 0 Å². The van der Waals surface area contributed by atoms with Gasteiger partial charge in [0.1, 0.15) is 0 Å². The van der Waals surface area contributed by atoms with Gasteiger partial charge in [0.2, 0.25) is 0 Å². The molecule has 1 N–H and O–H groups in total. The van der Waals surface area contributed by atoms with Crippen LogP contribution in [0.3, 0.4) is 0 Å². The largest absolute Gasteiger partial charge is 0.493 e. The monoisotopic (exact) mass is 262 g/mol. The van der Waals surface area contributed by atoms with Gasteiger partial charge >= 0.3 is 0 Å².